The van der Waals surface area contributed by atoms with Crippen molar-refractivity contribution in [1.82, 2.24) is 10.2 Å². The highest BCUT2D eigenvalue weighted by Gasteiger charge is 2.16. The molecule has 1 aliphatic heterocycles. The summed E-state index contributed by atoms with van der Waals surface area (Å²) in [7, 11) is 1.91. The minimum Gasteiger partial charge on any atom is -0.341 e. The second-order valence-electron chi connectivity index (χ2n) is 5.97. The second kappa shape index (κ2) is 7.44. The van der Waals surface area contributed by atoms with Crippen LogP contribution in [0, 0.1) is 12.8 Å². The third-order valence-corrected chi connectivity index (χ3v) is 4.19. The summed E-state index contributed by atoms with van der Waals surface area (Å²) in [5, 5.41) is 3.37. The SMILES string of the molecule is Cc1ccc(CN(C)C(=O)CCC2CCNCC2)cc1. The molecule has 0 aromatic heterocycles. The van der Waals surface area contributed by atoms with Crippen LogP contribution < -0.4 is 5.32 Å². The van der Waals surface area contributed by atoms with E-state index in [1.807, 2.05) is 11.9 Å². The molecule has 110 valence electrons. The van der Waals surface area contributed by atoms with Gasteiger partial charge in [0, 0.05) is 20.0 Å². The Kier molecular flexibility index (Phi) is 5.60. The number of carbonyl (C=O) groups is 1. The molecule has 1 N–H and O–H groups in total. The zero-order chi connectivity index (χ0) is 14.4. The molecule has 0 radical (unpaired) electrons. The molecular weight excluding hydrogens is 248 g/mol. The van der Waals surface area contributed by atoms with Gasteiger partial charge in [0.1, 0.15) is 0 Å². The fourth-order valence-corrected chi connectivity index (χ4v) is 2.74. The quantitative estimate of drug-likeness (QED) is 0.895. The highest BCUT2D eigenvalue weighted by atomic mass is 16.2. The lowest BCUT2D eigenvalue weighted by atomic mass is 9.93. The molecule has 1 aromatic rings. The van der Waals surface area contributed by atoms with Gasteiger partial charge in [-0.15, -0.1) is 0 Å². The van der Waals surface area contributed by atoms with E-state index < -0.39 is 0 Å². The van der Waals surface area contributed by atoms with Crippen LogP contribution in [0.15, 0.2) is 24.3 Å². The van der Waals surface area contributed by atoms with Gasteiger partial charge in [-0.1, -0.05) is 29.8 Å². The summed E-state index contributed by atoms with van der Waals surface area (Å²) in [5.41, 5.74) is 2.46. The van der Waals surface area contributed by atoms with Gasteiger partial charge in [0.25, 0.3) is 0 Å². The summed E-state index contributed by atoms with van der Waals surface area (Å²) in [6, 6.07) is 8.41. The van der Waals surface area contributed by atoms with E-state index in [0.29, 0.717) is 13.0 Å². The molecule has 0 saturated carbocycles. The van der Waals surface area contributed by atoms with Crippen molar-refractivity contribution in [2.75, 3.05) is 20.1 Å². The highest BCUT2D eigenvalue weighted by molar-refractivity contribution is 5.75. The van der Waals surface area contributed by atoms with Crippen LogP contribution in [0.2, 0.25) is 0 Å². The monoisotopic (exact) mass is 274 g/mol. The first-order valence-corrected chi connectivity index (χ1v) is 7.65. The minimum absolute atomic E-state index is 0.268. The lowest BCUT2D eigenvalue weighted by Crippen LogP contribution is -2.30. The number of nitrogens with zero attached hydrogens (tertiary/aromatic N) is 1. The number of nitrogens with one attached hydrogen (secondary N) is 1. The van der Waals surface area contributed by atoms with Crippen molar-refractivity contribution < 1.29 is 4.79 Å². The van der Waals surface area contributed by atoms with Crippen LogP contribution in [0.4, 0.5) is 0 Å². The molecule has 0 unspecified atom stereocenters. The van der Waals surface area contributed by atoms with Crippen LogP contribution >= 0.6 is 0 Å². The van der Waals surface area contributed by atoms with E-state index in [9.17, 15) is 4.79 Å². The maximum Gasteiger partial charge on any atom is 0.222 e. The third-order valence-electron chi connectivity index (χ3n) is 4.19. The zero-order valence-corrected chi connectivity index (χ0v) is 12.7. The highest BCUT2D eigenvalue weighted by Crippen LogP contribution is 2.18. The molecule has 1 saturated heterocycles. The average Bonchev–Trinajstić information content (AvgIpc) is 2.48. The van der Waals surface area contributed by atoms with Crippen molar-refractivity contribution in [3.63, 3.8) is 0 Å². The van der Waals surface area contributed by atoms with Gasteiger partial charge >= 0.3 is 0 Å². The first-order valence-electron chi connectivity index (χ1n) is 7.65. The van der Waals surface area contributed by atoms with Crippen LogP contribution in [0.1, 0.15) is 36.8 Å². The molecule has 1 aliphatic rings. The van der Waals surface area contributed by atoms with Crippen LogP contribution in [0.3, 0.4) is 0 Å². The molecule has 0 aliphatic carbocycles. The van der Waals surface area contributed by atoms with Crippen LogP contribution in [-0.2, 0) is 11.3 Å². The fourth-order valence-electron chi connectivity index (χ4n) is 2.74. The molecule has 1 amide bonds. The van der Waals surface area contributed by atoms with Crippen LogP contribution in [-0.4, -0.2) is 30.9 Å². The molecule has 20 heavy (non-hydrogen) atoms. The van der Waals surface area contributed by atoms with Crippen LogP contribution in [0.25, 0.3) is 0 Å². The predicted molar refractivity (Wildman–Crippen MR) is 82.5 cm³/mol. The zero-order valence-electron chi connectivity index (χ0n) is 12.7. The number of hydrogen-bond donors (Lipinski definition) is 1. The van der Waals surface area contributed by atoms with Gasteiger partial charge in [-0.05, 0) is 50.8 Å². The summed E-state index contributed by atoms with van der Waals surface area (Å²) in [4.78, 5) is 14.0. The predicted octanol–water partition coefficient (Wildman–Crippen LogP) is 2.73. The Labute approximate surface area is 122 Å². The summed E-state index contributed by atoms with van der Waals surface area (Å²) in [6.07, 6.45) is 4.16. The Bertz CT molecular complexity index is 421. The van der Waals surface area contributed by atoms with Crippen LogP contribution in [0.5, 0.6) is 0 Å². The lowest BCUT2D eigenvalue weighted by Gasteiger charge is -2.23. The number of benzene rings is 1. The molecular formula is C17H26N2O. The van der Waals surface area contributed by atoms with E-state index in [1.54, 1.807) is 0 Å². The van der Waals surface area contributed by atoms with Crippen molar-refractivity contribution in [1.29, 1.82) is 0 Å². The van der Waals surface area contributed by atoms with Crippen molar-refractivity contribution >= 4 is 5.91 Å². The molecule has 2 rings (SSSR count). The van der Waals surface area contributed by atoms with Gasteiger partial charge in [-0.25, -0.2) is 0 Å². The number of amides is 1. The van der Waals surface area contributed by atoms with Gasteiger partial charge in [-0.3, -0.25) is 4.79 Å². The molecule has 3 nitrogen and oxygen atoms in total. The summed E-state index contributed by atoms with van der Waals surface area (Å²) >= 11 is 0. The molecule has 1 aromatic carbocycles. The fraction of sp³-hybridized carbons (Fsp3) is 0.588. The standard InChI is InChI=1S/C17H26N2O/c1-14-3-5-16(6-4-14)13-19(2)17(20)8-7-15-9-11-18-12-10-15/h3-6,15,18H,7-13H2,1-2H3. The lowest BCUT2D eigenvalue weighted by molar-refractivity contribution is -0.130. The first kappa shape index (κ1) is 15.0. The van der Waals surface area contributed by atoms with Gasteiger partial charge in [-0.2, -0.15) is 0 Å². The Morgan fingerprint density at radius 3 is 2.55 bits per heavy atom. The second-order valence-corrected chi connectivity index (χ2v) is 5.97. The van der Waals surface area contributed by atoms with Gasteiger partial charge in [0.15, 0.2) is 0 Å². The van der Waals surface area contributed by atoms with E-state index in [0.717, 1.165) is 25.4 Å². The van der Waals surface area contributed by atoms with E-state index >= 15 is 0 Å². The van der Waals surface area contributed by atoms with E-state index in [4.69, 9.17) is 0 Å². The Morgan fingerprint density at radius 1 is 1.25 bits per heavy atom. The average molecular weight is 274 g/mol. The van der Waals surface area contributed by atoms with E-state index in [-0.39, 0.29) is 5.91 Å². The van der Waals surface area contributed by atoms with Crippen molar-refractivity contribution in [3.8, 4) is 0 Å². The molecule has 1 heterocycles. The summed E-state index contributed by atoms with van der Waals surface area (Å²) in [6.45, 7) is 5.01. The number of aryl methyl sites for hydroxylation is 1. The number of piperidine rings is 1. The normalized spacial score (nSPS) is 16.1. The maximum absolute atomic E-state index is 12.2. The Morgan fingerprint density at radius 2 is 1.90 bits per heavy atom. The van der Waals surface area contributed by atoms with Crippen molar-refractivity contribution in [3.05, 3.63) is 35.4 Å². The third kappa shape index (κ3) is 4.64. The molecule has 0 bridgehead atoms. The van der Waals surface area contributed by atoms with E-state index in [2.05, 4.69) is 36.5 Å². The summed E-state index contributed by atoms with van der Waals surface area (Å²) < 4.78 is 0. The number of rotatable bonds is 5. The van der Waals surface area contributed by atoms with Gasteiger partial charge in [0.05, 0.1) is 0 Å². The molecule has 1 fully saturated rings. The van der Waals surface area contributed by atoms with Crippen molar-refractivity contribution in [2.45, 2.75) is 39.2 Å². The number of carbonyl (C=O) groups excluding carboxylic acids is 1. The topological polar surface area (TPSA) is 32.3 Å². The molecule has 3 heteroatoms. The van der Waals surface area contributed by atoms with Gasteiger partial charge in [0.2, 0.25) is 5.91 Å². The number of hydrogen-bond acceptors (Lipinski definition) is 2. The molecule has 0 spiro atoms. The summed E-state index contributed by atoms with van der Waals surface area (Å²) in [5.74, 6) is 0.997. The van der Waals surface area contributed by atoms with E-state index in [1.165, 1.54) is 24.0 Å². The van der Waals surface area contributed by atoms with Gasteiger partial charge < -0.3 is 10.2 Å². The maximum atomic E-state index is 12.2. The minimum atomic E-state index is 0.268. The molecule has 0 atom stereocenters. The Hall–Kier alpha value is -1.35. The largest absolute Gasteiger partial charge is 0.341 e. The first-order chi connectivity index (χ1) is 9.65. The smallest absolute Gasteiger partial charge is 0.222 e. The van der Waals surface area contributed by atoms with Crippen molar-refractivity contribution in [2.24, 2.45) is 5.92 Å². The Balaban J connectivity index is 1.75.